The molecule has 0 unspecified atom stereocenters. The molecule has 2 aliphatic heterocycles. The highest BCUT2D eigenvalue weighted by molar-refractivity contribution is 7.89. The Morgan fingerprint density at radius 3 is 2.23 bits per heavy atom. The van der Waals surface area contributed by atoms with Crippen molar-refractivity contribution >= 4 is 38.2 Å². The van der Waals surface area contributed by atoms with Crippen LogP contribution in [0.5, 0.6) is 0 Å². The van der Waals surface area contributed by atoms with Crippen LogP contribution in [-0.2, 0) is 29.5 Å². The highest BCUT2D eigenvalue weighted by atomic mass is 32.2. The molecule has 3 aromatic rings. The van der Waals surface area contributed by atoms with Gasteiger partial charge in [-0.15, -0.1) is 11.3 Å². The predicted octanol–water partition coefficient (Wildman–Crippen LogP) is 4.61. The lowest BCUT2D eigenvalue weighted by atomic mass is 10.0. The van der Waals surface area contributed by atoms with Crippen LogP contribution in [0.2, 0.25) is 0 Å². The topological polar surface area (TPSA) is 138 Å². The normalized spacial score (nSPS) is 15.0. The van der Waals surface area contributed by atoms with Crippen molar-refractivity contribution in [2.45, 2.75) is 50.1 Å². The number of amides is 2. The minimum atomic E-state index is -3.96. The second kappa shape index (κ2) is 14.1. The molecule has 0 radical (unpaired) electrons. The quantitative estimate of drug-likeness (QED) is 0.327. The summed E-state index contributed by atoms with van der Waals surface area (Å²) in [5, 5.41) is 21.4. The molecule has 1 saturated heterocycles. The van der Waals surface area contributed by atoms with Gasteiger partial charge in [0.1, 0.15) is 5.00 Å². The zero-order valence-electron chi connectivity index (χ0n) is 24.4. The van der Waals surface area contributed by atoms with Gasteiger partial charge in [0, 0.05) is 69.1 Å². The summed E-state index contributed by atoms with van der Waals surface area (Å²) in [4.78, 5) is 32.4. The third-order valence-corrected chi connectivity index (χ3v) is 11.0. The number of benzene rings is 2. The van der Waals surface area contributed by atoms with Crippen LogP contribution in [0.1, 0.15) is 62.4 Å². The molecule has 1 N–H and O–H groups in total. The highest BCUT2D eigenvalue weighted by Gasteiger charge is 2.32. The van der Waals surface area contributed by atoms with E-state index in [0.29, 0.717) is 36.6 Å². The van der Waals surface area contributed by atoms with Gasteiger partial charge in [0.2, 0.25) is 10.0 Å². The second-order valence-corrected chi connectivity index (χ2v) is 13.9. The number of rotatable bonds is 11. The van der Waals surface area contributed by atoms with Crippen LogP contribution in [0.15, 0.2) is 59.5 Å². The van der Waals surface area contributed by atoms with Crippen molar-refractivity contribution in [3.63, 3.8) is 0 Å². The van der Waals surface area contributed by atoms with Crippen LogP contribution in [-0.4, -0.2) is 67.1 Å². The van der Waals surface area contributed by atoms with Crippen LogP contribution in [0.3, 0.4) is 0 Å². The SMILES string of the molecule is N#CCCN(CCC#N)S(=O)(=O)c1ccc(C(=O)Nc2sc3c(c2C(=O)N2CCCC2)CCN(Cc2ccccc2)C3)cc1. The Hall–Kier alpha value is -4.07. The van der Waals surface area contributed by atoms with Crippen molar-refractivity contribution in [2.75, 3.05) is 38.0 Å². The van der Waals surface area contributed by atoms with E-state index in [0.717, 1.165) is 40.7 Å². The fourth-order valence-electron chi connectivity index (χ4n) is 5.63. The molecule has 228 valence electrons. The molecule has 0 saturated carbocycles. The summed E-state index contributed by atoms with van der Waals surface area (Å²) >= 11 is 1.44. The van der Waals surface area contributed by atoms with Gasteiger partial charge in [-0.2, -0.15) is 14.8 Å². The average molecular weight is 631 g/mol. The molecular weight excluding hydrogens is 597 g/mol. The van der Waals surface area contributed by atoms with E-state index in [1.807, 2.05) is 35.2 Å². The molecule has 5 rings (SSSR count). The number of fused-ring (bicyclic) bond motifs is 1. The zero-order chi connectivity index (χ0) is 31.1. The van der Waals surface area contributed by atoms with Gasteiger partial charge in [0.25, 0.3) is 11.8 Å². The van der Waals surface area contributed by atoms with E-state index in [2.05, 4.69) is 22.3 Å². The maximum atomic E-state index is 13.7. The summed E-state index contributed by atoms with van der Waals surface area (Å²) in [6.45, 7) is 3.65. The second-order valence-electron chi connectivity index (χ2n) is 10.9. The van der Waals surface area contributed by atoms with Crippen LogP contribution >= 0.6 is 11.3 Å². The number of hydrogen-bond donors (Lipinski definition) is 1. The van der Waals surface area contributed by atoms with Crippen molar-refractivity contribution in [1.82, 2.24) is 14.1 Å². The van der Waals surface area contributed by atoms with Gasteiger partial charge >= 0.3 is 0 Å². The molecule has 0 atom stereocenters. The van der Waals surface area contributed by atoms with Crippen LogP contribution < -0.4 is 5.32 Å². The number of nitrogens with one attached hydrogen (secondary N) is 1. The molecule has 44 heavy (non-hydrogen) atoms. The lowest BCUT2D eigenvalue weighted by molar-refractivity contribution is 0.0792. The molecule has 1 fully saturated rings. The molecule has 1 aromatic heterocycles. The van der Waals surface area contributed by atoms with E-state index in [4.69, 9.17) is 10.5 Å². The number of carbonyl (C=O) groups is 2. The van der Waals surface area contributed by atoms with Crippen molar-refractivity contribution in [3.8, 4) is 12.1 Å². The molecule has 2 amide bonds. The summed E-state index contributed by atoms with van der Waals surface area (Å²) < 4.78 is 27.5. The first-order chi connectivity index (χ1) is 21.3. The van der Waals surface area contributed by atoms with Crippen molar-refractivity contribution in [1.29, 1.82) is 10.5 Å². The van der Waals surface area contributed by atoms with Gasteiger partial charge in [-0.25, -0.2) is 8.42 Å². The molecule has 0 bridgehead atoms. The summed E-state index contributed by atoms with van der Waals surface area (Å²) in [7, 11) is -3.96. The van der Waals surface area contributed by atoms with E-state index < -0.39 is 15.9 Å². The first-order valence-electron chi connectivity index (χ1n) is 14.7. The smallest absolute Gasteiger partial charge is 0.257 e. The van der Waals surface area contributed by atoms with Gasteiger partial charge in [0.15, 0.2) is 0 Å². The Kier molecular flexibility index (Phi) is 10.1. The maximum absolute atomic E-state index is 13.7. The van der Waals surface area contributed by atoms with Gasteiger partial charge in [-0.3, -0.25) is 14.5 Å². The number of thiophene rings is 1. The molecular formula is C32H34N6O4S2. The first-order valence-corrected chi connectivity index (χ1v) is 16.9. The number of hydrogen-bond acceptors (Lipinski definition) is 8. The number of anilines is 1. The summed E-state index contributed by atoms with van der Waals surface area (Å²) in [5.74, 6) is -0.488. The molecule has 2 aromatic carbocycles. The highest BCUT2D eigenvalue weighted by Crippen LogP contribution is 2.39. The molecule has 0 spiro atoms. The molecule has 12 heteroatoms. The van der Waals surface area contributed by atoms with Crippen molar-refractivity contribution in [3.05, 3.63) is 81.7 Å². The van der Waals surface area contributed by atoms with Crippen LogP contribution in [0, 0.1) is 22.7 Å². The van der Waals surface area contributed by atoms with Crippen LogP contribution in [0.25, 0.3) is 0 Å². The lowest BCUT2D eigenvalue weighted by Crippen LogP contribution is -2.33. The summed E-state index contributed by atoms with van der Waals surface area (Å²) in [6, 6.07) is 19.7. The van der Waals surface area contributed by atoms with E-state index in [-0.39, 0.29) is 42.3 Å². The van der Waals surface area contributed by atoms with E-state index >= 15 is 0 Å². The third kappa shape index (κ3) is 7.01. The number of nitriles is 2. The van der Waals surface area contributed by atoms with E-state index in [9.17, 15) is 18.0 Å². The third-order valence-electron chi connectivity index (χ3n) is 7.92. The predicted molar refractivity (Wildman–Crippen MR) is 167 cm³/mol. The Bertz CT molecular complexity index is 1670. The molecule has 10 nitrogen and oxygen atoms in total. The number of likely N-dealkylation sites (tertiary alicyclic amines) is 1. The Morgan fingerprint density at radius 1 is 0.932 bits per heavy atom. The maximum Gasteiger partial charge on any atom is 0.257 e. The van der Waals surface area contributed by atoms with E-state index in [1.165, 1.54) is 41.2 Å². The molecule has 3 heterocycles. The Morgan fingerprint density at radius 2 is 1.59 bits per heavy atom. The Labute approximate surface area is 262 Å². The van der Waals surface area contributed by atoms with Crippen molar-refractivity contribution in [2.24, 2.45) is 0 Å². The average Bonchev–Trinajstić information content (AvgIpc) is 3.69. The van der Waals surface area contributed by atoms with E-state index in [1.54, 1.807) is 0 Å². The lowest BCUT2D eigenvalue weighted by Gasteiger charge is -2.27. The van der Waals surface area contributed by atoms with Gasteiger partial charge < -0.3 is 10.2 Å². The Balaban J connectivity index is 1.37. The molecule has 2 aliphatic rings. The number of carbonyl (C=O) groups excluding carboxylic acids is 2. The number of sulfonamides is 1. The van der Waals surface area contributed by atoms with Crippen LogP contribution in [0.4, 0.5) is 5.00 Å². The monoisotopic (exact) mass is 630 g/mol. The number of nitrogens with zero attached hydrogens (tertiary/aromatic N) is 5. The summed E-state index contributed by atoms with van der Waals surface area (Å²) in [5.41, 5.74) is 3.05. The minimum Gasteiger partial charge on any atom is -0.339 e. The fraction of sp³-hybridized carbons (Fsp3) is 0.375. The largest absolute Gasteiger partial charge is 0.339 e. The summed E-state index contributed by atoms with van der Waals surface area (Å²) in [6.07, 6.45) is 2.63. The van der Waals surface area contributed by atoms with Gasteiger partial charge in [-0.1, -0.05) is 30.3 Å². The first kappa shape index (κ1) is 31.4. The minimum absolute atomic E-state index is 0.00155. The van der Waals surface area contributed by atoms with Gasteiger partial charge in [-0.05, 0) is 54.7 Å². The standard InChI is InChI=1S/C32H34N6O4S2/c33-15-6-19-38(20-7-16-34)44(41,42)26-12-10-25(11-13-26)30(39)35-31-29(32(40)37-17-4-5-18-37)27-14-21-36(23-28(27)43-31)22-24-8-2-1-3-9-24/h1-3,8-13H,4-7,14,17-23H2,(H,35,39). The molecule has 0 aliphatic carbocycles. The fourth-order valence-corrected chi connectivity index (χ4v) is 8.35. The van der Waals surface area contributed by atoms with Gasteiger partial charge in [0.05, 0.1) is 22.6 Å². The van der Waals surface area contributed by atoms with Crippen molar-refractivity contribution < 1.29 is 18.0 Å². The zero-order valence-corrected chi connectivity index (χ0v) is 26.0.